The first kappa shape index (κ1) is 20.5. The first-order chi connectivity index (χ1) is 13.6. The number of nitrogens with two attached hydrogens (primary N) is 1. The van der Waals surface area contributed by atoms with E-state index in [1.807, 2.05) is 0 Å². The smallest absolute Gasteiger partial charge is 0.416 e. The second-order valence-electron chi connectivity index (χ2n) is 5.30. The van der Waals surface area contributed by atoms with E-state index in [0.29, 0.717) is 4.57 Å². The largest absolute Gasteiger partial charge is 0.491 e. The molecule has 0 saturated carbocycles. The van der Waals surface area contributed by atoms with Gasteiger partial charge in [-0.3, -0.25) is 4.52 Å². The fraction of sp³-hybridized carbons (Fsp3) is 0.214. The standard InChI is InChI=1S/C14H8ClF4N5O5/c15-8-5(16)1-2-7(10(8)27-12(25)14(17,18)19)24-11(23-28-13(24)26)9-6(3-4-20)21-29-22-9/h1-2H,3-4,20H2. The molecule has 0 radical (unpaired) electrons. The minimum absolute atomic E-state index is 0.111. The number of carbonyl (C=O) groups is 1. The van der Waals surface area contributed by atoms with Crippen molar-refractivity contribution >= 4 is 17.6 Å². The Labute approximate surface area is 161 Å². The van der Waals surface area contributed by atoms with Crippen LogP contribution in [-0.2, 0) is 11.2 Å². The van der Waals surface area contributed by atoms with Gasteiger partial charge in [0.25, 0.3) is 0 Å². The molecule has 29 heavy (non-hydrogen) atoms. The van der Waals surface area contributed by atoms with E-state index < -0.39 is 40.2 Å². The van der Waals surface area contributed by atoms with Crippen molar-refractivity contribution < 1.29 is 36.2 Å². The number of hydrogen-bond acceptors (Lipinski definition) is 9. The van der Waals surface area contributed by atoms with E-state index in [4.69, 9.17) is 17.3 Å². The number of carbonyl (C=O) groups excluding carboxylic acids is 1. The van der Waals surface area contributed by atoms with E-state index >= 15 is 0 Å². The maximum Gasteiger partial charge on any atom is 0.491 e. The van der Waals surface area contributed by atoms with Crippen LogP contribution in [0.2, 0.25) is 5.02 Å². The van der Waals surface area contributed by atoms with Gasteiger partial charge >= 0.3 is 17.9 Å². The molecule has 0 fully saturated rings. The summed E-state index contributed by atoms with van der Waals surface area (Å²) in [6.07, 6.45) is -5.28. The van der Waals surface area contributed by atoms with Gasteiger partial charge in [-0.25, -0.2) is 23.2 Å². The molecule has 3 rings (SSSR count). The number of benzene rings is 1. The minimum atomic E-state index is -5.42. The molecule has 0 aliphatic rings. The van der Waals surface area contributed by atoms with Crippen LogP contribution in [0, 0.1) is 5.82 Å². The molecule has 3 aromatic rings. The van der Waals surface area contributed by atoms with Gasteiger partial charge in [0, 0.05) is 6.42 Å². The highest BCUT2D eigenvalue weighted by Crippen LogP contribution is 2.36. The lowest BCUT2D eigenvalue weighted by molar-refractivity contribution is -0.189. The lowest BCUT2D eigenvalue weighted by Crippen LogP contribution is -2.29. The monoisotopic (exact) mass is 437 g/mol. The number of ether oxygens (including phenoxy) is 1. The van der Waals surface area contributed by atoms with E-state index in [1.165, 1.54) is 0 Å². The van der Waals surface area contributed by atoms with Gasteiger partial charge in [0.1, 0.15) is 16.5 Å². The summed E-state index contributed by atoms with van der Waals surface area (Å²) in [7, 11) is 0. The molecule has 2 heterocycles. The number of hydrogen-bond donors (Lipinski definition) is 1. The third-order valence-corrected chi connectivity index (χ3v) is 3.80. The molecule has 10 nitrogen and oxygen atoms in total. The number of aromatic nitrogens is 4. The predicted octanol–water partition coefficient (Wildman–Crippen LogP) is 1.64. The van der Waals surface area contributed by atoms with Crippen LogP contribution in [0.15, 0.2) is 26.1 Å². The van der Waals surface area contributed by atoms with E-state index in [1.54, 1.807) is 0 Å². The molecule has 0 unspecified atom stereocenters. The van der Waals surface area contributed by atoms with Crippen LogP contribution in [0.3, 0.4) is 0 Å². The zero-order valence-electron chi connectivity index (χ0n) is 13.9. The van der Waals surface area contributed by atoms with Gasteiger partial charge in [0.15, 0.2) is 11.4 Å². The van der Waals surface area contributed by atoms with Crippen LogP contribution < -0.4 is 16.2 Å². The Morgan fingerprint density at radius 2 is 2.00 bits per heavy atom. The Morgan fingerprint density at radius 1 is 1.28 bits per heavy atom. The minimum Gasteiger partial charge on any atom is -0.416 e. The van der Waals surface area contributed by atoms with Gasteiger partial charge in [-0.05, 0) is 23.8 Å². The molecule has 2 aromatic heterocycles. The van der Waals surface area contributed by atoms with Crippen molar-refractivity contribution in [2.45, 2.75) is 12.6 Å². The van der Waals surface area contributed by atoms with Crippen molar-refractivity contribution in [2.75, 3.05) is 6.54 Å². The van der Waals surface area contributed by atoms with Gasteiger partial charge in [0.2, 0.25) is 5.82 Å². The van der Waals surface area contributed by atoms with Crippen LogP contribution in [-0.4, -0.2) is 38.7 Å². The van der Waals surface area contributed by atoms with Crippen LogP contribution in [0.5, 0.6) is 5.75 Å². The van der Waals surface area contributed by atoms with E-state index in [0.717, 1.165) is 12.1 Å². The number of halogens is 5. The molecule has 0 atom stereocenters. The molecule has 0 aliphatic carbocycles. The summed E-state index contributed by atoms with van der Waals surface area (Å²) in [4.78, 5) is 23.4. The lowest BCUT2D eigenvalue weighted by Gasteiger charge is -2.13. The molecule has 15 heteroatoms. The van der Waals surface area contributed by atoms with Gasteiger partial charge in [-0.2, -0.15) is 13.2 Å². The topological polar surface area (TPSA) is 139 Å². The molecule has 2 N–H and O–H groups in total. The van der Waals surface area contributed by atoms with Crippen molar-refractivity contribution in [3.8, 4) is 23.0 Å². The maximum atomic E-state index is 13.8. The second kappa shape index (κ2) is 7.63. The number of rotatable bonds is 5. The van der Waals surface area contributed by atoms with E-state index in [2.05, 4.69) is 29.4 Å². The average Bonchev–Trinajstić information content (AvgIpc) is 3.25. The zero-order valence-corrected chi connectivity index (χ0v) is 14.6. The normalized spacial score (nSPS) is 11.7. The first-order valence-electron chi connectivity index (χ1n) is 7.53. The van der Waals surface area contributed by atoms with Crippen molar-refractivity contribution in [1.82, 2.24) is 20.0 Å². The van der Waals surface area contributed by atoms with Gasteiger partial charge < -0.3 is 10.5 Å². The number of alkyl halides is 3. The van der Waals surface area contributed by atoms with Crippen molar-refractivity contribution in [3.05, 3.63) is 39.2 Å². The van der Waals surface area contributed by atoms with Gasteiger partial charge in [-0.15, -0.1) is 0 Å². The summed E-state index contributed by atoms with van der Waals surface area (Å²) in [6.45, 7) is 0.111. The molecule has 0 bridgehead atoms. The molecule has 0 spiro atoms. The van der Waals surface area contributed by atoms with Gasteiger partial charge in [0.05, 0.1) is 5.69 Å². The highest BCUT2D eigenvalue weighted by molar-refractivity contribution is 6.32. The third-order valence-electron chi connectivity index (χ3n) is 3.45. The van der Waals surface area contributed by atoms with Crippen LogP contribution in [0.1, 0.15) is 5.69 Å². The van der Waals surface area contributed by atoms with Crippen molar-refractivity contribution in [2.24, 2.45) is 5.73 Å². The Hall–Kier alpha value is -3.26. The van der Waals surface area contributed by atoms with E-state index in [-0.39, 0.29) is 30.2 Å². The van der Waals surface area contributed by atoms with Crippen molar-refractivity contribution in [1.29, 1.82) is 0 Å². The highest BCUT2D eigenvalue weighted by Gasteiger charge is 2.42. The van der Waals surface area contributed by atoms with E-state index in [9.17, 15) is 27.2 Å². The third kappa shape index (κ3) is 3.84. The summed E-state index contributed by atoms with van der Waals surface area (Å²) in [5, 5.41) is 9.62. The molecular formula is C14H8ClF4N5O5. The fourth-order valence-electron chi connectivity index (χ4n) is 2.23. The highest BCUT2D eigenvalue weighted by atomic mass is 35.5. The van der Waals surface area contributed by atoms with Gasteiger partial charge in [-0.1, -0.05) is 21.9 Å². The summed E-state index contributed by atoms with van der Waals surface area (Å²) in [5.74, 6) is -6.60. The Balaban J connectivity index is 2.21. The summed E-state index contributed by atoms with van der Waals surface area (Å²) in [6, 6.07) is 1.56. The summed E-state index contributed by atoms with van der Waals surface area (Å²) < 4.78 is 65.5. The molecule has 1 aromatic carbocycles. The first-order valence-corrected chi connectivity index (χ1v) is 7.91. The number of esters is 1. The maximum absolute atomic E-state index is 13.8. The summed E-state index contributed by atoms with van der Waals surface area (Å²) in [5.41, 5.74) is 4.88. The average molecular weight is 438 g/mol. The predicted molar refractivity (Wildman–Crippen MR) is 84.8 cm³/mol. The SMILES string of the molecule is NCCc1nonc1-c1noc(=O)n1-c1ccc(F)c(Cl)c1OC(=O)C(F)(F)F. The quantitative estimate of drug-likeness (QED) is 0.358. The Kier molecular flexibility index (Phi) is 5.39. The molecule has 0 aliphatic heterocycles. The summed E-state index contributed by atoms with van der Waals surface area (Å²) >= 11 is 5.67. The van der Waals surface area contributed by atoms with Crippen LogP contribution in [0.25, 0.3) is 17.2 Å². The molecule has 0 amide bonds. The fourth-order valence-corrected chi connectivity index (χ4v) is 2.43. The van der Waals surface area contributed by atoms with Crippen LogP contribution >= 0.6 is 11.6 Å². The second-order valence-corrected chi connectivity index (χ2v) is 5.68. The molecular weight excluding hydrogens is 430 g/mol. The zero-order chi connectivity index (χ0) is 21.3. The van der Waals surface area contributed by atoms with Crippen molar-refractivity contribution in [3.63, 3.8) is 0 Å². The lowest BCUT2D eigenvalue weighted by atomic mass is 10.2. The molecule has 0 saturated heterocycles. The Morgan fingerprint density at radius 3 is 2.66 bits per heavy atom. The number of nitrogens with zero attached hydrogens (tertiary/aromatic N) is 4. The molecule has 154 valence electrons. The van der Waals surface area contributed by atoms with Crippen LogP contribution in [0.4, 0.5) is 17.6 Å². The Bertz CT molecular complexity index is 1120.